The number of methoxy groups -OCH3 is 1. The largest absolute Gasteiger partial charge is 0.465 e. The molecule has 0 heterocycles. The monoisotopic (exact) mass is 304 g/mol. The number of anilines is 1. The van der Waals surface area contributed by atoms with Gasteiger partial charge in [0.2, 0.25) is 10.0 Å². The number of nitrogen functional groups attached to an aromatic ring is 1. The number of benzene rings is 1. The maximum atomic E-state index is 12.1. The van der Waals surface area contributed by atoms with Gasteiger partial charge in [-0.2, -0.15) is 0 Å². The first-order chi connectivity index (χ1) is 8.77. The van der Waals surface area contributed by atoms with Gasteiger partial charge >= 0.3 is 5.97 Å². The van der Waals surface area contributed by atoms with E-state index in [1.807, 2.05) is 0 Å². The van der Waals surface area contributed by atoms with Crippen molar-refractivity contribution in [3.8, 4) is 0 Å². The summed E-state index contributed by atoms with van der Waals surface area (Å²) in [6, 6.07) is 3.86. The Bertz CT molecular complexity index is 613. The third-order valence-corrected chi connectivity index (χ3v) is 3.73. The molecule has 8 heteroatoms. The van der Waals surface area contributed by atoms with Crippen molar-refractivity contribution in [2.75, 3.05) is 19.4 Å². The topological polar surface area (TPSA) is 98.5 Å². The maximum absolute atomic E-state index is 12.1. The van der Waals surface area contributed by atoms with Gasteiger partial charge in [-0.3, -0.25) is 0 Å². The van der Waals surface area contributed by atoms with Gasteiger partial charge in [-0.05, 0) is 18.2 Å². The number of hydrogen-bond acceptors (Lipinski definition) is 5. The lowest BCUT2D eigenvalue weighted by molar-refractivity contribution is 0.0596. The first-order valence-corrected chi connectivity index (χ1v) is 6.95. The molecule has 3 N–H and O–H groups in total. The Morgan fingerprint density at radius 2 is 2.16 bits per heavy atom. The van der Waals surface area contributed by atoms with E-state index in [4.69, 9.17) is 17.3 Å². The number of rotatable bonds is 5. The van der Waals surface area contributed by atoms with Crippen molar-refractivity contribution in [3.63, 3.8) is 0 Å². The van der Waals surface area contributed by atoms with Crippen molar-refractivity contribution in [2.45, 2.75) is 4.90 Å². The minimum atomic E-state index is -3.94. The predicted octanol–water partition coefficient (Wildman–Crippen LogP) is 1.09. The zero-order valence-electron chi connectivity index (χ0n) is 10.1. The smallest absolute Gasteiger partial charge is 0.339 e. The van der Waals surface area contributed by atoms with Crippen LogP contribution in [0.2, 0.25) is 0 Å². The second-order valence-electron chi connectivity index (χ2n) is 3.59. The molecule has 0 aliphatic carbocycles. The molecule has 0 saturated carbocycles. The number of sulfonamides is 1. The molecule has 0 fully saturated rings. The van der Waals surface area contributed by atoms with Crippen LogP contribution in [0.3, 0.4) is 0 Å². The summed E-state index contributed by atoms with van der Waals surface area (Å²) in [4.78, 5) is 11.3. The van der Waals surface area contributed by atoms with Gasteiger partial charge in [0.05, 0.1) is 17.6 Å². The highest BCUT2D eigenvalue weighted by molar-refractivity contribution is 7.89. The predicted molar refractivity (Wildman–Crippen MR) is 72.4 cm³/mol. The van der Waals surface area contributed by atoms with Crippen molar-refractivity contribution < 1.29 is 17.9 Å². The standard InChI is InChI=1S/C11H13ClN2O4S/c1-7(12)6-14-19(16,17)10-5-8(13)3-4-9(10)11(15)18-2/h3-5,14H,1,6,13H2,2H3. The van der Waals surface area contributed by atoms with Crippen LogP contribution in [0.15, 0.2) is 34.7 Å². The van der Waals surface area contributed by atoms with Gasteiger partial charge in [0.1, 0.15) is 0 Å². The molecule has 1 aromatic carbocycles. The highest BCUT2D eigenvalue weighted by atomic mass is 35.5. The molecule has 0 saturated heterocycles. The van der Waals surface area contributed by atoms with Gasteiger partial charge in [-0.1, -0.05) is 18.2 Å². The number of carbonyl (C=O) groups excluding carboxylic acids is 1. The van der Waals surface area contributed by atoms with Crippen LogP contribution in [0.1, 0.15) is 10.4 Å². The van der Waals surface area contributed by atoms with Crippen LogP contribution in [-0.2, 0) is 14.8 Å². The molecule has 1 aromatic rings. The van der Waals surface area contributed by atoms with E-state index in [2.05, 4.69) is 16.0 Å². The zero-order chi connectivity index (χ0) is 14.6. The lowest BCUT2D eigenvalue weighted by Crippen LogP contribution is -2.27. The van der Waals surface area contributed by atoms with E-state index >= 15 is 0 Å². The third-order valence-electron chi connectivity index (χ3n) is 2.15. The first-order valence-electron chi connectivity index (χ1n) is 5.08. The Morgan fingerprint density at radius 1 is 1.53 bits per heavy atom. The van der Waals surface area contributed by atoms with Gasteiger partial charge in [0.15, 0.2) is 0 Å². The summed E-state index contributed by atoms with van der Waals surface area (Å²) in [5.74, 6) is -0.773. The number of hydrogen-bond donors (Lipinski definition) is 2. The van der Waals surface area contributed by atoms with Crippen LogP contribution in [0.25, 0.3) is 0 Å². The number of nitrogens with one attached hydrogen (secondary N) is 1. The molecular weight excluding hydrogens is 292 g/mol. The summed E-state index contributed by atoms with van der Waals surface area (Å²) in [6.07, 6.45) is 0. The molecule has 0 aromatic heterocycles. The number of nitrogens with two attached hydrogens (primary N) is 1. The van der Waals surface area contributed by atoms with E-state index < -0.39 is 16.0 Å². The summed E-state index contributed by atoms with van der Waals surface area (Å²) >= 11 is 5.49. The second kappa shape index (κ2) is 6.05. The Hall–Kier alpha value is -1.57. The lowest BCUT2D eigenvalue weighted by Gasteiger charge is -2.10. The summed E-state index contributed by atoms with van der Waals surface area (Å²) < 4.78 is 30.8. The molecule has 0 radical (unpaired) electrons. The summed E-state index contributed by atoms with van der Waals surface area (Å²) in [7, 11) is -2.78. The SMILES string of the molecule is C=C(Cl)CNS(=O)(=O)c1cc(N)ccc1C(=O)OC. The van der Waals surface area contributed by atoms with E-state index in [0.717, 1.165) is 7.11 Å². The molecule has 104 valence electrons. The van der Waals surface area contributed by atoms with Crippen LogP contribution >= 0.6 is 11.6 Å². The van der Waals surface area contributed by atoms with Crippen LogP contribution in [-0.4, -0.2) is 28.0 Å². The number of ether oxygens (including phenoxy) is 1. The Labute approximate surface area is 116 Å². The van der Waals surface area contributed by atoms with Crippen LogP contribution < -0.4 is 10.5 Å². The Balaban J connectivity index is 3.27. The molecule has 0 atom stereocenters. The molecule has 0 unspecified atom stereocenters. The average molecular weight is 305 g/mol. The van der Waals surface area contributed by atoms with E-state index in [1.165, 1.54) is 18.2 Å². The van der Waals surface area contributed by atoms with Crippen molar-refractivity contribution in [1.29, 1.82) is 0 Å². The molecule has 0 amide bonds. The molecule has 6 nitrogen and oxygen atoms in total. The van der Waals surface area contributed by atoms with Crippen molar-refractivity contribution in [1.82, 2.24) is 4.72 Å². The lowest BCUT2D eigenvalue weighted by atomic mass is 10.2. The Morgan fingerprint density at radius 3 is 2.68 bits per heavy atom. The molecule has 0 aliphatic heterocycles. The van der Waals surface area contributed by atoms with Gasteiger partial charge in [0.25, 0.3) is 0 Å². The van der Waals surface area contributed by atoms with E-state index in [-0.39, 0.29) is 27.7 Å². The minimum absolute atomic E-state index is 0.107. The highest BCUT2D eigenvalue weighted by Gasteiger charge is 2.23. The second-order valence-corrected chi connectivity index (χ2v) is 5.86. The molecule has 19 heavy (non-hydrogen) atoms. The number of esters is 1. The Kier molecular flexibility index (Phi) is 4.93. The van der Waals surface area contributed by atoms with Gasteiger partial charge in [0, 0.05) is 17.3 Å². The van der Waals surface area contributed by atoms with Crippen molar-refractivity contribution >= 4 is 33.3 Å². The average Bonchev–Trinajstić information content (AvgIpc) is 2.35. The van der Waals surface area contributed by atoms with E-state index in [0.29, 0.717) is 0 Å². The molecule has 1 rings (SSSR count). The van der Waals surface area contributed by atoms with Gasteiger partial charge in [-0.15, -0.1) is 0 Å². The molecular formula is C11H13ClN2O4S. The van der Waals surface area contributed by atoms with Crippen LogP contribution in [0, 0.1) is 0 Å². The van der Waals surface area contributed by atoms with Crippen molar-refractivity contribution in [3.05, 3.63) is 35.4 Å². The first kappa shape index (κ1) is 15.5. The summed E-state index contributed by atoms with van der Waals surface area (Å²) in [5.41, 5.74) is 5.63. The quantitative estimate of drug-likeness (QED) is 0.626. The van der Waals surface area contributed by atoms with E-state index in [9.17, 15) is 13.2 Å². The fourth-order valence-electron chi connectivity index (χ4n) is 1.29. The minimum Gasteiger partial charge on any atom is -0.465 e. The third kappa shape index (κ3) is 3.95. The molecule has 0 spiro atoms. The fourth-order valence-corrected chi connectivity index (χ4v) is 2.69. The highest BCUT2D eigenvalue weighted by Crippen LogP contribution is 2.20. The van der Waals surface area contributed by atoms with E-state index in [1.54, 1.807) is 0 Å². The summed E-state index contributed by atoms with van der Waals surface area (Å²) in [6.45, 7) is 3.21. The van der Waals surface area contributed by atoms with Crippen molar-refractivity contribution in [2.24, 2.45) is 0 Å². The van der Waals surface area contributed by atoms with Crippen LogP contribution in [0.5, 0.6) is 0 Å². The number of carbonyl (C=O) groups is 1. The number of halogens is 1. The van der Waals surface area contributed by atoms with Gasteiger partial charge < -0.3 is 10.5 Å². The normalized spacial score (nSPS) is 11.1. The molecule has 0 aliphatic rings. The van der Waals surface area contributed by atoms with Crippen LogP contribution in [0.4, 0.5) is 5.69 Å². The fraction of sp³-hybridized carbons (Fsp3) is 0.182. The van der Waals surface area contributed by atoms with Gasteiger partial charge in [-0.25, -0.2) is 17.9 Å². The summed E-state index contributed by atoms with van der Waals surface area (Å²) in [5, 5.41) is 0.118. The molecule has 0 bridgehead atoms. The zero-order valence-corrected chi connectivity index (χ0v) is 11.7. The maximum Gasteiger partial charge on any atom is 0.339 e.